The second-order valence-electron chi connectivity index (χ2n) is 7.00. The molecule has 1 atom stereocenters. The minimum atomic E-state index is -0.347. The molecule has 8 heteroatoms. The van der Waals surface area contributed by atoms with Gasteiger partial charge in [-0.25, -0.2) is 4.98 Å². The molecule has 2 aromatic heterocycles. The third-order valence-corrected chi connectivity index (χ3v) is 8.09. The summed E-state index contributed by atoms with van der Waals surface area (Å²) in [6.45, 7) is 0.410. The van der Waals surface area contributed by atoms with Gasteiger partial charge < -0.3 is 10.2 Å². The Morgan fingerprint density at radius 2 is 2.07 bits per heavy atom. The predicted molar refractivity (Wildman–Crippen MR) is 112 cm³/mol. The van der Waals surface area contributed by atoms with Crippen molar-refractivity contribution < 1.29 is 9.59 Å². The Balaban J connectivity index is 1.34. The van der Waals surface area contributed by atoms with Gasteiger partial charge in [0.2, 0.25) is 11.8 Å². The number of hydrogen-bond acceptors (Lipinski definition) is 6. The quantitative estimate of drug-likeness (QED) is 0.793. The van der Waals surface area contributed by atoms with Crippen molar-refractivity contribution in [1.29, 1.82) is 0 Å². The third kappa shape index (κ3) is 4.38. The average molecular weight is 422 g/mol. The van der Waals surface area contributed by atoms with E-state index in [2.05, 4.69) is 16.4 Å². The van der Waals surface area contributed by atoms with E-state index in [-0.39, 0.29) is 23.8 Å². The van der Waals surface area contributed by atoms with E-state index in [1.807, 2.05) is 16.8 Å². The molecule has 5 nitrogen and oxygen atoms in total. The molecule has 1 saturated carbocycles. The van der Waals surface area contributed by atoms with Crippen LogP contribution in [0.1, 0.15) is 37.8 Å². The lowest BCUT2D eigenvalue weighted by Gasteiger charge is -2.29. The van der Waals surface area contributed by atoms with Crippen LogP contribution in [0, 0.1) is 5.92 Å². The van der Waals surface area contributed by atoms with Crippen LogP contribution in [0.25, 0.3) is 9.88 Å². The maximum atomic E-state index is 12.8. The lowest BCUT2D eigenvalue weighted by molar-refractivity contribution is -0.142. The zero-order valence-corrected chi connectivity index (χ0v) is 17.5. The summed E-state index contributed by atoms with van der Waals surface area (Å²) in [7, 11) is 0. The molecule has 1 aliphatic carbocycles. The number of nitrogens with one attached hydrogen (secondary N) is 1. The first kappa shape index (κ1) is 19.0. The molecule has 0 aromatic carbocycles. The first-order valence-electron chi connectivity index (χ1n) is 9.36. The van der Waals surface area contributed by atoms with E-state index in [0.717, 1.165) is 41.3 Å². The number of carbonyl (C=O) groups is 2. The van der Waals surface area contributed by atoms with Crippen LogP contribution < -0.4 is 5.32 Å². The van der Waals surface area contributed by atoms with Crippen molar-refractivity contribution in [3.63, 3.8) is 0 Å². The summed E-state index contributed by atoms with van der Waals surface area (Å²) in [6, 6.07) is 3.72. The lowest BCUT2D eigenvalue weighted by atomic mass is 9.88. The number of thioether (sulfide) groups is 1. The van der Waals surface area contributed by atoms with Crippen LogP contribution in [0.2, 0.25) is 0 Å². The summed E-state index contributed by atoms with van der Waals surface area (Å²) < 4.78 is 0. The highest BCUT2D eigenvalue weighted by atomic mass is 32.2. The highest BCUT2D eigenvalue weighted by Crippen LogP contribution is 2.30. The standard InChI is InChI=1S/C19H23N3O2S3/c23-17(20-9-14-10-27-18(21-14)16-7-4-8-26-16)15-11-25-12-22(15)19(24)13-5-2-1-3-6-13/h4,7-8,10,13,15H,1-3,5-6,9,11-12H2,(H,20,23)/t15-/m1/s1. The summed E-state index contributed by atoms with van der Waals surface area (Å²) >= 11 is 4.93. The van der Waals surface area contributed by atoms with E-state index < -0.39 is 0 Å². The number of hydrogen-bond donors (Lipinski definition) is 1. The average Bonchev–Trinajstić information content (AvgIpc) is 3.47. The Morgan fingerprint density at radius 1 is 1.22 bits per heavy atom. The normalized spacial score (nSPS) is 20.7. The van der Waals surface area contributed by atoms with Crippen molar-refractivity contribution in [3.05, 3.63) is 28.6 Å². The molecule has 144 valence electrons. The maximum Gasteiger partial charge on any atom is 0.244 e. The van der Waals surface area contributed by atoms with Gasteiger partial charge in [-0.2, -0.15) is 0 Å². The van der Waals surface area contributed by atoms with Crippen molar-refractivity contribution in [2.75, 3.05) is 11.6 Å². The molecule has 0 bridgehead atoms. The van der Waals surface area contributed by atoms with Gasteiger partial charge in [0, 0.05) is 17.1 Å². The van der Waals surface area contributed by atoms with E-state index in [9.17, 15) is 9.59 Å². The molecule has 1 saturated heterocycles. The first-order valence-corrected chi connectivity index (χ1v) is 12.3. The molecular formula is C19H23N3O2S3. The van der Waals surface area contributed by atoms with Gasteiger partial charge in [0.05, 0.1) is 23.0 Å². The zero-order chi connectivity index (χ0) is 18.6. The maximum absolute atomic E-state index is 12.8. The minimum Gasteiger partial charge on any atom is -0.349 e. The molecule has 0 unspecified atom stereocenters. The third-order valence-electron chi connectivity index (χ3n) is 5.15. The molecule has 0 radical (unpaired) electrons. The molecule has 2 aromatic rings. The van der Waals surface area contributed by atoms with Gasteiger partial charge in [0.1, 0.15) is 11.0 Å². The second-order valence-corrected chi connectivity index (χ2v) is 9.80. The first-order chi connectivity index (χ1) is 13.2. The van der Waals surface area contributed by atoms with Crippen molar-refractivity contribution in [1.82, 2.24) is 15.2 Å². The molecule has 2 aliphatic rings. The number of aromatic nitrogens is 1. The fourth-order valence-electron chi connectivity index (χ4n) is 3.66. The summed E-state index contributed by atoms with van der Waals surface area (Å²) in [4.78, 5) is 33.1. The van der Waals surface area contributed by atoms with Crippen molar-refractivity contribution in [3.8, 4) is 9.88 Å². The number of amides is 2. The predicted octanol–water partition coefficient (Wildman–Crippen LogP) is 3.97. The number of thiophene rings is 1. The Kier molecular flexibility index (Phi) is 6.14. The number of rotatable bonds is 5. The molecule has 27 heavy (non-hydrogen) atoms. The smallest absolute Gasteiger partial charge is 0.244 e. The second kappa shape index (κ2) is 8.75. The van der Waals surface area contributed by atoms with Crippen LogP contribution in [-0.2, 0) is 16.1 Å². The largest absolute Gasteiger partial charge is 0.349 e. The van der Waals surface area contributed by atoms with Gasteiger partial charge >= 0.3 is 0 Å². The monoisotopic (exact) mass is 421 g/mol. The summed E-state index contributed by atoms with van der Waals surface area (Å²) in [5.74, 6) is 1.54. The van der Waals surface area contributed by atoms with E-state index in [0.29, 0.717) is 18.2 Å². The lowest BCUT2D eigenvalue weighted by Crippen LogP contribution is -2.49. The van der Waals surface area contributed by atoms with E-state index in [1.54, 1.807) is 39.3 Å². The van der Waals surface area contributed by atoms with Crippen LogP contribution in [0.5, 0.6) is 0 Å². The Hall–Kier alpha value is -1.38. The van der Waals surface area contributed by atoms with Crippen LogP contribution in [-0.4, -0.2) is 39.4 Å². The SMILES string of the molecule is O=C(NCc1csc(-c2cccs2)n1)[C@H]1CSCN1C(=O)C1CCCCC1. The Morgan fingerprint density at radius 3 is 2.85 bits per heavy atom. The van der Waals surface area contributed by atoms with Crippen LogP contribution >= 0.6 is 34.4 Å². The minimum absolute atomic E-state index is 0.0603. The van der Waals surface area contributed by atoms with Crippen LogP contribution in [0.3, 0.4) is 0 Å². The zero-order valence-electron chi connectivity index (χ0n) is 15.1. The number of carbonyl (C=O) groups excluding carboxylic acids is 2. The van der Waals surface area contributed by atoms with Crippen LogP contribution in [0.4, 0.5) is 0 Å². The number of nitrogens with zero attached hydrogens (tertiary/aromatic N) is 2. The molecule has 3 heterocycles. The molecule has 0 spiro atoms. The Bertz CT molecular complexity index is 784. The van der Waals surface area contributed by atoms with Gasteiger partial charge in [-0.05, 0) is 24.3 Å². The van der Waals surface area contributed by atoms with Crippen molar-refractivity contribution in [2.24, 2.45) is 5.92 Å². The fourth-order valence-corrected chi connectivity index (χ4v) is 6.46. The summed E-state index contributed by atoms with van der Waals surface area (Å²) in [5.41, 5.74) is 0.868. The van der Waals surface area contributed by atoms with Gasteiger partial charge in [-0.1, -0.05) is 25.3 Å². The van der Waals surface area contributed by atoms with E-state index in [1.165, 1.54) is 6.42 Å². The van der Waals surface area contributed by atoms with E-state index in [4.69, 9.17) is 0 Å². The highest BCUT2D eigenvalue weighted by molar-refractivity contribution is 7.99. The van der Waals surface area contributed by atoms with Crippen LogP contribution in [0.15, 0.2) is 22.9 Å². The molecular weight excluding hydrogens is 398 g/mol. The van der Waals surface area contributed by atoms with Gasteiger partial charge in [-0.15, -0.1) is 34.4 Å². The summed E-state index contributed by atoms with van der Waals surface area (Å²) in [5, 5.41) is 8.00. The van der Waals surface area contributed by atoms with E-state index >= 15 is 0 Å². The number of thiazole rings is 1. The molecule has 2 amide bonds. The van der Waals surface area contributed by atoms with Gasteiger partial charge in [0.15, 0.2) is 0 Å². The Labute approximate surface area is 171 Å². The molecule has 1 N–H and O–H groups in total. The van der Waals surface area contributed by atoms with Crippen molar-refractivity contribution in [2.45, 2.75) is 44.7 Å². The van der Waals surface area contributed by atoms with Crippen molar-refractivity contribution >= 4 is 46.2 Å². The highest BCUT2D eigenvalue weighted by Gasteiger charge is 2.37. The summed E-state index contributed by atoms with van der Waals surface area (Å²) in [6.07, 6.45) is 5.43. The topological polar surface area (TPSA) is 62.3 Å². The van der Waals surface area contributed by atoms with Gasteiger partial charge in [0.25, 0.3) is 0 Å². The fraction of sp³-hybridized carbons (Fsp3) is 0.526. The van der Waals surface area contributed by atoms with Gasteiger partial charge in [-0.3, -0.25) is 9.59 Å². The molecule has 1 aliphatic heterocycles. The molecule has 2 fully saturated rings. The molecule has 4 rings (SSSR count).